The number of piperidine rings is 1. The molecular formula is C17H22N2O4. The SMILES string of the molecule is Cc1ccc2c(c1)N(C(=O)N1CCCC(C(=O)O)C1)CC(C)O2. The Labute approximate surface area is 135 Å². The van der Waals surface area contributed by atoms with E-state index < -0.39 is 11.9 Å². The molecule has 0 radical (unpaired) electrons. The summed E-state index contributed by atoms with van der Waals surface area (Å²) >= 11 is 0. The third-order valence-electron chi connectivity index (χ3n) is 4.45. The van der Waals surface area contributed by atoms with Gasteiger partial charge in [0.05, 0.1) is 18.2 Å². The summed E-state index contributed by atoms with van der Waals surface area (Å²) in [5, 5.41) is 9.21. The third kappa shape index (κ3) is 3.11. The molecule has 2 aliphatic heterocycles. The molecular weight excluding hydrogens is 296 g/mol. The van der Waals surface area contributed by atoms with Gasteiger partial charge in [0.25, 0.3) is 0 Å². The maximum absolute atomic E-state index is 12.9. The summed E-state index contributed by atoms with van der Waals surface area (Å²) in [5.74, 6) is -0.591. The Hall–Kier alpha value is -2.24. The number of benzene rings is 1. The first-order chi connectivity index (χ1) is 11.0. The fourth-order valence-electron chi connectivity index (χ4n) is 3.25. The Balaban J connectivity index is 1.85. The Morgan fingerprint density at radius 1 is 1.30 bits per heavy atom. The minimum absolute atomic E-state index is 0.0887. The normalized spacial score (nSPS) is 23.9. The van der Waals surface area contributed by atoms with Gasteiger partial charge in [-0.3, -0.25) is 9.69 Å². The molecule has 2 atom stereocenters. The van der Waals surface area contributed by atoms with Crippen LogP contribution in [0.1, 0.15) is 25.3 Å². The van der Waals surface area contributed by atoms with Gasteiger partial charge in [-0.15, -0.1) is 0 Å². The van der Waals surface area contributed by atoms with Crippen molar-refractivity contribution >= 4 is 17.7 Å². The highest BCUT2D eigenvalue weighted by Gasteiger charge is 2.34. The number of hydrogen-bond acceptors (Lipinski definition) is 3. The van der Waals surface area contributed by atoms with E-state index >= 15 is 0 Å². The van der Waals surface area contributed by atoms with Gasteiger partial charge in [-0.2, -0.15) is 0 Å². The van der Waals surface area contributed by atoms with Gasteiger partial charge in [0.2, 0.25) is 0 Å². The Morgan fingerprint density at radius 2 is 2.09 bits per heavy atom. The molecule has 0 saturated carbocycles. The molecule has 124 valence electrons. The molecule has 0 spiro atoms. The summed E-state index contributed by atoms with van der Waals surface area (Å²) in [5.41, 5.74) is 1.83. The average molecular weight is 318 g/mol. The topological polar surface area (TPSA) is 70.1 Å². The standard InChI is InChI=1S/C17H22N2O4/c1-11-5-6-15-14(8-11)19(9-12(2)23-15)17(22)18-7-3-4-13(10-18)16(20)21/h5-6,8,12-13H,3-4,7,9-10H2,1-2H3,(H,20,21). The van der Waals surface area contributed by atoms with Gasteiger partial charge < -0.3 is 14.7 Å². The zero-order valence-electron chi connectivity index (χ0n) is 13.5. The van der Waals surface area contributed by atoms with Gasteiger partial charge in [0, 0.05) is 13.1 Å². The van der Waals surface area contributed by atoms with E-state index in [2.05, 4.69) is 0 Å². The Kier molecular flexibility index (Phi) is 4.15. The summed E-state index contributed by atoms with van der Waals surface area (Å²) in [6.07, 6.45) is 1.27. The lowest BCUT2D eigenvalue weighted by Crippen LogP contribution is -2.52. The zero-order valence-corrected chi connectivity index (χ0v) is 13.5. The maximum Gasteiger partial charge on any atom is 0.324 e. The van der Waals surface area contributed by atoms with E-state index in [1.165, 1.54) is 0 Å². The van der Waals surface area contributed by atoms with Gasteiger partial charge in [0.1, 0.15) is 11.9 Å². The summed E-state index contributed by atoms with van der Waals surface area (Å²) in [6, 6.07) is 5.66. The smallest absolute Gasteiger partial charge is 0.324 e. The number of carboxylic acid groups (broad SMARTS) is 1. The first-order valence-corrected chi connectivity index (χ1v) is 8.02. The molecule has 6 heteroatoms. The second-order valence-electron chi connectivity index (χ2n) is 6.42. The van der Waals surface area contributed by atoms with Crippen LogP contribution in [-0.4, -0.2) is 47.7 Å². The van der Waals surface area contributed by atoms with Crippen LogP contribution in [0.3, 0.4) is 0 Å². The van der Waals surface area contributed by atoms with Gasteiger partial charge in [-0.05, 0) is 44.4 Å². The van der Waals surface area contributed by atoms with Crippen LogP contribution in [0, 0.1) is 12.8 Å². The predicted molar refractivity (Wildman–Crippen MR) is 85.9 cm³/mol. The van der Waals surface area contributed by atoms with Crippen LogP contribution < -0.4 is 9.64 Å². The number of fused-ring (bicyclic) bond motifs is 1. The monoisotopic (exact) mass is 318 g/mol. The minimum atomic E-state index is -0.825. The van der Waals surface area contributed by atoms with Crippen LogP contribution in [0.15, 0.2) is 18.2 Å². The van der Waals surface area contributed by atoms with Crippen molar-refractivity contribution in [3.63, 3.8) is 0 Å². The van der Waals surface area contributed by atoms with Crippen LogP contribution in [0.5, 0.6) is 5.75 Å². The second kappa shape index (κ2) is 6.10. The number of carbonyl (C=O) groups excluding carboxylic acids is 1. The number of urea groups is 1. The molecule has 2 unspecified atom stereocenters. The second-order valence-corrected chi connectivity index (χ2v) is 6.42. The van der Waals surface area contributed by atoms with Gasteiger partial charge in [-0.25, -0.2) is 4.79 Å². The predicted octanol–water partition coefficient (Wildman–Crippen LogP) is 2.50. The van der Waals surface area contributed by atoms with E-state index in [-0.39, 0.29) is 18.7 Å². The first-order valence-electron chi connectivity index (χ1n) is 8.02. The molecule has 23 heavy (non-hydrogen) atoms. The molecule has 1 saturated heterocycles. The summed E-state index contributed by atoms with van der Waals surface area (Å²) in [6.45, 7) is 5.27. The number of likely N-dealkylation sites (tertiary alicyclic amines) is 1. The van der Waals surface area contributed by atoms with E-state index in [0.717, 1.165) is 17.7 Å². The Bertz CT molecular complexity index is 631. The lowest BCUT2D eigenvalue weighted by molar-refractivity contribution is -0.143. The number of carbonyl (C=O) groups is 2. The van der Waals surface area contributed by atoms with Gasteiger partial charge in [-0.1, -0.05) is 6.07 Å². The highest BCUT2D eigenvalue weighted by Crippen LogP contribution is 2.35. The summed E-state index contributed by atoms with van der Waals surface area (Å²) < 4.78 is 5.81. The van der Waals surface area contributed by atoms with Crippen molar-refractivity contribution in [3.05, 3.63) is 23.8 Å². The van der Waals surface area contributed by atoms with E-state index in [1.54, 1.807) is 9.80 Å². The fourth-order valence-corrected chi connectivity index (χ4v) is 3.25. The van der Waals surface area contributed by atoms with E-state index in [9.17, 15) is 14.7 Å². The molecule has 1 N–H and O–H groups in total. The molecule has 0 aromatic heterocycles. The van der Waals surface area contributed by atoms with Crippen molar-refractivity contribution in [2.75, 3.05) is 24.5 Å². The number of nitrogens with zero attached hydrogens (tertiary/aromatic N) is 2. The van der Waals surface area contributed by atoms with Crippen molar-refractivity contribution < 1.29 is 19.4 Å². The molecule has 1 aromatic rings. The van der Waals surface area contributed by atoms with Crippen molar-refractivity contribution in [2.24, 2.45) is 5.92 Å². The molecule has 0 bridgehead atoms. The highest BCUT2D eigenvalue weighted by atomic mass is 16.5. The third-order valence-corrected chi connectivity index (χ3v) is 4.45. The molecule has 2 amide bonds. The fraction of sp³-hybridized carbons (Fsp3) is 0.529. The van der Waals surface area contributed by atoms with E-state index in [4.69, 9.17) is 4.74 Å². The molecule has 3 rings (SSSR count). The number of ether oxygens (including phenoxy) is 1. The van der Waals surface area contributed by atoms with Crippen molar-refractivity contribution in [2.45, 2.75) is 32.8 Å². The lowest BCUT2D eigenvalue weighted by Gasteiger charge is -2.39. The van der Waals surface area contributed by atoms with Crippen molar-refractivity contribution in [3.8, 4) is 5.75 Å². The van der Waals surface area contributed by atoms with Crippen LogP contribution in [-0.2, 0) is 4.79 Å². The van der Waals surface area contributed by atoms with Crippen LogP contribution in [0.25, 0.3) is 0 Å². The quantitative estimate of drug-likeness (QED) is 0.863. The molecule has 1 fully saturated rings. The molecule has 2 aliphatic rings. The lowest BCUT2D eigenvalue weighted by atomic mass is 9.98. The number of rotatable bonds is 1. The van der Waals surface area contributed by atoms with E-state index in [1.807, 2.05) is 32.0 Å². The number of aliphatic carboxylic acids is 1. The van der Waals surface area contributed by atoms with Crippen LogP contribution in [0.4, 0.5) is 10.5 Å². The first kappa shape index (κ1) is 15.6. The molecule has 6 nitrogen and oxygen atoms in total. The van der Waals surface area contributed by atoms with Crippen molar-refractivity contribution in [1.82, 2.24) is 4.90 Å². The largest absolute Gasteiger partial charge is 0.487 e. The average Bonchev–Trinajstić information content (AvgIpc) is 2.54. The summed E-state index contributed by atoms with van der Waals surface area (Å²) in [4.78, 5) is 27.5. The molecule has 2 heterocycles. The molecule has 1 aromatic carbocycles. The van der Waals surface area contributed by atoms with Crippen molar-refractivity contribution in [1.29, 1.82) is 0 Å². The molecule has 0 aliphatic carbocycles. The zero-order chi connectivity index (χ0) is 16.6. The number of carboxylic acids is 1. The minimum Gasteiger partial charge on any atom is -0.487 e. The van der Waals surface area contributed by atoms with Crippen LogP contribution >= 0.6 is 0 Å². The van der Waals surface area contributed by atoms with E-state index in [0.29, 0.717) is 25.3 Å². The van der Waals surface area contributed by atoms with Gasteiger partial charge in [0.15, 0.2) is 0 Å². The maximum atomic E-state index is 12.9. The number of amides is 2. The number of hydrogen-bond donors (Lipinski definition) is 1. The number of anilines is 1. The summed E-state index contributed by atoms with van der Waals surface area (Å²) in [7, 11) is 0. The van der Waals surface area contributed by atoms with Gasteiger partial charge >= 0.3 is 12.0 Å². The number of aryl methyl sites for hydroxylation is 1. The van der Waals surface area contributed by atoms with Crippen LogP contribution in [0.2, 0.25) is 0 Å². The highest BCUT2D eigenvalue weighted by molar-refractivity contribution is 5.94. The Morgan fingerprint density at radius 3 is 2.83 bits per heavy atom.